The van der Waals surface area contributed by atoms with Gasteiger partial charge in [-0.2, -0.15) is 0 Å². The zero-order valence-electron chi connectivity index (χ0n) is 5.91. The lowest BCUT2D eigenvalue weighted by Gasteiger charge is -1.99. The Morgan fingerprint density at radius 3 is 2.55 bits per heavy atom. The minimum atomic E-state index is -0.0607. The lowest BCUT2D eigenvalue weighted by molar-refractivity contribution is 0.403. The minimum absolute atomic E-state index is 0.0452. The zero-order valence-corrected chi connectivity index (χ0v) is 5.91. The number of phenols is 2. The Hall–Kier alpha value is -1.22. The third-order valence-corrected chi connectivity index (χ3v) is 1.81. The molecule has 1 aromatic carbocycles. The van der Waals surface area contributed by atoms with Crippen LogP contribution in [-0.2, 0) is 0 Å². The molecule has 58 valence electrons. The van der Waals surface area contributed by atoms with E-state index in [1.165, 1.54) is 6.07 Å². The number of hydrogen-bond acceptors (Lipinski definition) is 3. The molecule has 0 radical (unpaired) electrons. The summed E-state index contributed by atoms with van der Waals surface area (Å²) in [4.78, 5) is 0. The maximum absolute atomic E-state index is 9.10. The Kier molecular flexibility index (Phi) is 1.26. The van der Waals surface area contributed by atoms with Crippen LogP contribution >= 0.6 is 0 Å². The highest BCUT2D eigenvalue weighted by molar-refractivity contribution is 5.42. The number of aromatic hydroxyl groups is 2. The maximum atomic E-state index is 9.10. The van der Waals surface area contributed by atoms with Gasteiger partial charge in [0.1, 0.15) is 0 Å². The Morgan fingerprint density at radius 2 is 2.00 bits per heavy atom. The number of nitrogens with one attached hydrogen (secondary N) is 1. The number of phenolic OH excluding ortho intramolecular Hbond substituents is 2. The highest BCUT2D eigenvalue weighted by Gasteiger charge is 2.22. The van der Waals surface area contributed by atoms with Crippen molar-refractivity contribution in [3.63, 3.8) is 0 Å². The number of rotatable bonds is 1. The summed E-state index contributed by atoms with van der Waals surface area (Å²) in [6, 6.07) is 5.27. The molecule has 1 aromatic rings. The van der Waals surface area contributed by atoms with E-state index in [-0.39, 0.29) is 11.5 Å². The van der Waals surface area contributed by atoms with Crippen LogP contribution in [0.3, 0.4) is 0 Å². The van der Waals surface area contributed by atoms with Gasteiger partial charge in [-0.3, -0.25) is 0 Å². The fourth-order valence-electron chi connectivity index (χ4n) is 1.05. The summed E-state index contributed by atoms with van der Waals surface area (Å²) in [5.74, 6) is -0.106. The van der Waals surface area contributed by atoms with Crippen molar-refractivity contribution in [3.8, 4) is 11.5 Å². The number of benzene rings is 1. The Bertz CT molecular complexity index is 281. The van der Waals surface area contributed by atoms with E-state index in [1.807, 2.05) is 0 Å². The van der Waals surface area contributed by atoms with E-state index in [9.17, 15) is 0 Å². The molecule has 2 rings (SSSR count). The van der Waals surface area contributed by atoms with Crippen molar-refractivity contribution in [1.82, 2.24) is 5.32 Å². The van der Waals surface area contributed by atoms with Gasteiger partial charge in [0.2, 0.25) is 0 Å². The smallest absolute Gasteiger partial charge is 0.157 e. The molecule has 3 nitrogen and oxygen atoms in total. The van der Waals surface area contributed by atoms with Crippen molar-refractivity contribution in [2.75, 3.05) is 6.54 Å². The van der Waals surface area contributed by atoms with E-state index in [1.54, 1.807) is 12.1 Å². The third kappa shape index (κ3) is 1.14. The Balaban J connectivity index is 2.36. The second-order valence-corrected chi connectivity index (χ2v) is 2.71. The van der Waals surface area contributed by atoms with Crippen LogP contribution in [0.4, 0.5) is 0 Å². The average Bonchev–Trinajstić information content (AvgIpc) is 2.77. The third-order valence-electron chi connectivity index (χ3n) is 1.81. The molecule has 3 N–H and O–H groups in total. The van der Waals surface area contributed by atoms with E-state index < -0.39 is 0 Å². The molecule has 3 heteroatoms. The molecular weight excluding hydrogens is 142 g/mol. The molecule has 11 heavy (non-hydrogen) atoms. The van der Waals surface area contributed by atoms with E-state index in [4.69, 9.17) is 10.2 Å². The van der Waals surface area contributed by atoms with Crippen molar-refractivity contribution in [2.45, 2.75) is 6.04 Å². The van der Waals surface area contributed by atoms with Crippen LogP contribution in [0.25, 0.3) is 0 Å². The van der Waals surface area contributed by atoms with Gasteiger partial charge >= 0.3 is 0 Å². The van der Waals surface area contributed by atoms with Crippen molar-refractivity contribution >= 4 is 0 Å². The summed E-state index contributed by atoms with van der Waals surface area (Å²) in [5, 5.41) is 21.2. The van der Waals surface area contributed by atoms with Crippen LogP contribution in [0.15, 0.2) is 18.2 Å². The van der Waals surface area contributed by atoms with Crippen LogP contribution in [0.2, 0.25) is 0 Å². The van der Waals surface area contributed by atoms with Crippen LogP contribution < -0.4 is 5.32 Å². The van der Waals surface area contributed by atoms with Gasteiger partial charge in [0, 0.05) is 12.6 Å². The highest BCUT2D eigenvalue weighted by atomic mass is 16.3. The zero-order chi connectivity index (χ0) is 7.84. The van der Waals surface area contributed by atoms with E-state index >= 15 is 0 Å². The minimum Gasteiger partial charge on any atom is -0.504 e. The van der Waals surface area contributed by atoms with Crippen molar-refractivity contribution < 1.29 is 10.2 Å². The predicted molar refractivity (Wildman–Crippen MR) is 40.5 cm³/mol. The normalized spacial score (nSPS) is 21.6. The second kappa shape index (κ2) is 2.13. The first kappa shape index (κ1) is 6.49. The summed E-state index contributed by atoms with van der Waals surface area (Å²) < 4.78 is 0. The summed E-state index contributed by atoms with van der Waals surface area (Å²) >= 11 is 0. The lowest BCUT2D eigenvalue weighted by Crippen LogP contribution is -1.82. The van der Waals surface area contributed by atoms with Gasteiger partial charge in [0.15, 0.2) is 11.5 Å². The maximum Gasteiger partial charge on any atom is 0.157 e. The molecule has 0 bridgehead atoms. The first-order valence-electron chi connectivity index (χ1n) is 3.52. The van der Waals surface area contributed by atoms with Gasteiger partial charge < -0.3 is 15.5 Å². The fraction of sp³-hybridized carbons (Fsp3) is 0.250. The molecule has 1 aliphatic rings. The molecule has 0 amide bonds. The first-order chi connectivity index (χ1) is 5.27. The van der Waals surface area contributed by atoms with Gasteiger partial charge in [-0.1, -0.05) is 6.07 Å². The number of hydrogen-bond donors (Lipinski definition) is 3. The van der Waals surface area contributed by atoms with Crippen molar-refractivity contribution in [3.05, 3.63) is 23.8 Å². The quantitative estimate of drug-likeness (QED) is 0.410. The van der Waals surface area contributed by atoms with Gasteiger partial charge in [0.05, 0.1) is 0 Å². The van der Waals surface area contributed by atoms with Gasteiger partial charge in [0.25, 0.3) is 0 Å². The fourth-order valence-corrected chi connectivity index (χ4v) is 1.05. The molecule has 1 heterocycles. The van der Waals surface area contributed by atoms with Gasteiger partial charge in [-0.15, -0.1) is 0 Å². The summed E-state index contributed by atoms with van der Waals surface area (Å²) in [6.45, 7) is 0.963. The molecule has 0 unspecified atom stereocenters. The van der Waals surface area contributed by atoms with E-state index in [0.29, 0.717) is 6.04 Å². The Morgan fingerprint density at radius 1 is 1.27 bits per heavy atom. The van der Waals surface area contributed by atoms with Crippen LogP contribution in [0.5, 0.6) is 11.5 Å². The molecule has 1 saturated heterocycles. The van der Waals surface area contributed by atoms with Gasteiger partial charge in [-0.25, -0.2) is 0 Å². The average molecular weight is 151 g/mol. The second-order valence-electron chi connectivity index (χ2n) is 2.71. The van der Waals surface area contributed by atoms with Crippen LogP contribution in [-0.4, -0.2) is 16.8 Å². The predicted octanol–water partition coefficient (Wildman–Crippen LogP) is 0.742. The largest absolute Gasteiger partial charge is 0.504 e. The van der Waals surface area contributed by atoms with Crippen molar-refractivity contribution in [2.24, 2.45) is 0 Å². The van der Waals surface area contributed by atoms with Crippen LogP contribution in [0.1, 0.15) is 11.6 Å². The molecule has 1 atom stereocenters. The lowest BCUT2D eigenvalue weighted by atomic mass is 10.1. The molecule has 1 aliphatic heterocycles. The van der Waals surface area contributed by atoms with Gasteiger partial charge in [-0.05, 0) is 17.7 Å². The molecule has 0 aromatic heterocycles. The molecule has 1 fully saturated rings. The molecule has 0 aliphatic carbocycles. The van der Waals surface area contributed by atoms with E-state index in [2.05, 4.69) is 5.32 Å². The summed E-state index contributed by atoms with van der Waals surface area (Å²) in [7, 11) is 0. The monoisotopic (exact) mass is 151 g/mol. The summed E-state index contributed by atoms with van der Waals surface area (Å²) in [6.07, 6.45) is 0. The first-order valence-corrected chi connectivity index (χ1v) is 3.52. The molecular formula is C8H9NO2. The molecule has 0 saturated carbocycles. The summed E-state index contributed by atoms with van der Waals surface area (Å²) in [5.41, 5.74) is 1.03. The van der Waals surface area contributed by atoms with Crippen LogP contribution in [0, 0.1) is 0 Å². The Labute approximate surface area is 64.3 Å². The van der Waals surface area contributed by atoms with Crippen molar-refractivity contribution in [1.29, 1.82) is 0 Å². The molecule has 0 spiro atoms. The van der Waals surface area contributed by atoms with E-state index in [0.717, 1.165) is 12.1 Å². The highest BCUT2D eigenvalue weighted by Crippen LogP contribution is 2.30. The SMILES string of the molecule is Oc1ccc([C@H]2CN2)cc1O. The standard InChI is InChI=1S/C8H9NO2/c10-7-2-1-5(3-8(7)11)6-4-9-6/h1-3,6,9-11H,4H2/t6-/m1/s1. The topological polar surface area (TPSA) is 62.4 Å².